The number of aromatic nitrogens is 3. The molecule has 22 heavy (non-hydrogen) atoms. The minimum Gasteiger partial charge on any atom is -0.496 e. The van der Waals surface area contributed by atoms with Crippen LogP contribution in [0.3, 0.4) is 0 Å². The highest BCUT2D eigenvalue weighted by Gasteiger charge is 2.18. The Hall–Kier alpha value is -3.15. The van der Waals surface area contributed by atoms with Crippen molar-refractivity contribution < 1.29 is 9.15 Å². The Kier molecular flexibility index (Phi) is 2.69. The summed E-state index contributed by atoms with van der Waals surface area (Å²) in [6.45, 7) is 0. The van der Waals surface area contributed by atoms with Gasteiger partial charge in [-0.2, -0.15) is 4.52 Å². The van der Waals surface area contributed by atoms with Gasteiger partial charge in [0.25, 0.3) is 5.71 Å². The molecule has 2 aromatic heterocycles. The molecule has 0 aliphatic carbocycles. The highest BCUT2D eigenvalue weighted by molar-refractivity contribution is 5.83. The van der Waals surface area contributed by atoms with Crippen LogP contribution in [0.5, 0.6) is 5.75 Å². The smallest absolute Gasteiger partial charge is 0.347 e. The molecular weight excluding hydrogens is 282 g/mol. The lowest BCUT2D eigenvalue weighted by atomic mass is 10.1. The minimum atomic E-state index is -0.415. The van der Waals surface area contributed by atoms with E-state index in [0.717, 1.165) is 5.56 Å². The average molecular weight is 293 g/mol. The number of ether oxygens (including phenoxy) is 1. The zero-order valence-electron chi connectivity index (χ0n) is 11.7. The molecule has 6 nitrogen and oxygen atoms in total. The van der Waals surface area contributed by atoms with Crippen molar-refractivity contribution in [3.63, 3.8) is 0 Å². The maximum absolute atomic E-state index is 12.2. The fourth-order valence-electron chi connectivity index (χ4n) is 2.51. The highest BCUT2D eigenvalue weighted by atomic mass is 16.5. The van der Waals surface area contributed by atoms with Crippen LogP contribution in [0.1, 0.15) is 0 Å². The number of rotatable bonds is 2. The molecule has 0 atom stereocenters. The van der Waals surface area contributed by atoms with Gasteiger partial charge in [-0.3, -0.25) is 0 Å². The summed E-state index contributed by atoms with van der Waals surface area (Å²) in [5.41, 5.74) is 1.73. The van der Waals surface area contributed by atoms with Crippen LogP contribution in [0.2, 0.25) is 0 Å². The fourth-order valence-corrected chi connectivity index (χ4v) is 2.51. The average Bonchev–Trinajstić information content (AvgIpc) is 2.99. The van der Waals surface area contributed by atoms with Crippen LogP contribution in [-0.2, 0) is 0 Å². The largest absolute Gasteiger partial charge is 0.496 e. The molecule has 0 aliphatic rings. The molecular formula is C16H11N3O3. The molecule has 0 amide bonds. The lowest BCUT2D eigenvalue weighted by Crippen LogP contribution is -2.04. The van der Waals surface area contributed by atoms with Gasteiger partial charge in [-0.1, -0.05) is 29.5 Å². The van der Waals surface area contributed by atoms with Gasteiger partial charge in [0, 0.05) is 5.56 Å². The molecule has 0 aliphatic heterocycles. The SMILES string of the molecule is COc1ccccc1-c1nnn2c1oc(=O)c1ccccc12. The van der Waals surface area contributed by atoms with E-state index < -0.39 is 5.63 Å². The van der Waals surface area contributed by atoms with Gasteiger partial charge in [-0.15, -0.1) is 5.10 Å². The molecule has 0 unspecified atom stereocenters. The fraction of sp³-hybridized carbons (Fsp3) is 0.0625. The Labute approximate surface area is 124 Å². The summed E-state index contributed by atoms with van der Waals surface area (Å²) >= 11 is 0. The zero-order valence-corrected chi connectivity index (χ0v) is 11.7. The number of para-hydroxylation sites is 2. The van der Waals surface area contributed by atoms with Crippen LogP contribution < -0.4 is 10.4 Å². The number of hydrogen-bond donors (Lipinski definition) is 0. The maximum Gasteiger partial charge on any atom is 0.347 e. The number of benzene rings is 2. The molecule has 0 saturated carbocycles. The van der Waals surface area contributed by atoms with Gasteiger partial charge in [-0.25, -0.2) is 4.79 Å². The monoisotopic (exact) mass is 293 g/mol. The highest BCUT2D eigenvalue weighted by Crippen LogP contribution is 2.31. The summed E-state index contributed by atoms with van der Waals surface area (Å²) in [4.78, 5) is 12.2. The third kappa shape index (κ3) is 1.70. The molecule has 0 radical (unpaired) electrons. The van der Waals surface area contributed by atoms with E-state index in [0.29, 0.717) is 28.1 Å². The summed E-state index contributed by atoms with van der Waals surface area (Å²) < 4.78 is 12.3. The van der Waals surface area contributed by atoms with E-state index in [4.69, 9.17) is 9.15 Å². The summed E-state index contributed by atoms with van der Waals surface area (Å²) in [6.07, 6.45) is 0. The predicted octanol–water partition coefficient (Wildman–Crippen LogP) is 2.51. The Morgan fingerprint density at radius 3 is 2.73 bits per heavy atom. The molecule has 0 spiro atoms. The van der Waals surface area contributed by atoms with Crippen molar-refractivity contribution in [3.8, 4) is 17.0 Å². The van der Waals surface area contributed by atoms with Crippen molar-refractivity contribution in [2.75, 3.05) is 7.11 Å². The molecule has 0 bridgehead atoms. The third-order valence-electron chi connectivity index (χ3n) is 3.53. The lowest BCUT2D eigenvalue weighted by molar-refractivity contribution is 0.416. The lowest BCUT2D eigenvalue weighted by Gasteiger charge is -2.05. The Morgan fingerprint density at radius 2 is 1.86 bits per heavy atom. The molecule has 4 rings (SSSR count). The van der Waals surface area contributed by atoms with E-state index in [1.165, 1.54) is 4.52 Å². The Bertz CT molecular complexity index is 1050. The second-order valence-corrected chi connectivity index (χ2v) is 4.76. The second kappa shape index (κ2) is 4.70. The molecule has 0 saturated heterocycles. The van der Waals surface area contributed by atoms with Crippen molar-refractivity contribution in [2.45, 2.75) is 0 Å². The second-order valence-electron chi connectivity index (χ2n) is 4.76. The minimum absolute atomic E-state index is 0.299. The molecule has 108 valence electrons. The van der Waals surface area contributed by atoms with Crippen molar-refractivity contribution >= 4 is 16.6 Å². The summed E-state index contributed by atoms with van der Waals surface area (Å²) in [7, 11) is 1.58. The summed E-state index contributed by atoms with van der Waals surface area (Å²) in [5, 5.41) is 8.75. The first-order valence-electron chi connectivity index (χ1n) is 6.70. The maximum atomic E-state index is 12.2. The van der Waals surface area contributed by atoms with Crippen LogP contribution in [0.15, 0.2) is 57.7 Å². The number of fused-ring (bicyclic) bond motifs is 3. The Morgan fingerprint density at radius 1 is 1.09 bits per heavy atom. The molecule has 6 heteroatoms. The van der Waals surface area contributed by atoms with Gasteiger partial charge >= 0.3 is 5.63 Å². The van der Waals surface area contributed by atoms with Gasteiger partial charge < -0.3 is 9.15 Å². The van der Waals surface area contributed by atoms with Crippen LogP contribution >= 0.6 is 0 Å². The molecule has 0 N–H and O–H groups in total. The molecule has 2 heterocycles. The summed E-state index contributed by atoms with van der Waals surface area (Å²) in [5.74, 6) is 0.640. The van der Waals surface area contributed by atoms with Crippen molar-refractivity contribution in [3.05, 3.63) is 59.0 Å². The first-order chi connectivity index (χ1) is 10.8. The number of methoxy groups -OCH3 is 1. The van der Waals surface area contributed by atoms with Gasteiger partial charge in [0.1, 0.15) is 5.75 Å². The van der Waals surface area contributed by atoms with Crippen molar-refractivity contribution in [1.29, 1.82) is 0 Å². The molecule has 4 aromatic rings. The van der Waals surface area contributed by atoms with E-state index in [1.807, 2.05) is 30.3 Å². The number of nitrogens with zero attached hydrogens (tertiary/aromatic N) is 3. The van der Waals surface area contributed by atoms with E-state index >= 15 is 0 Å². The van der Waals surface area contributed by atoms with Gasteiger partial charge in [0.2, 0.25) is 0 Å². The van der Waals surface area contributed by atoms with Crippen LogP contribution in [0.25, 0.3) is 27.9 Å². The summed E-state index contributed by atoms with van der Waals surface area (Å²) in [6, 6.07) is 14.5. The topological polar surface area (TPSA) is 69.6 Å². The standard InChI is InChI=1S/C16H11N3O3/c1-21-13-9-5-3-7-11(13)14-15-19(18-17-14)12-8-4-2-6-10(12)16(20)22-15/h2-9H,1H3. The van der Waals surface area contributed by atoms with Crippen LogP contribution in [0, 0.1) is 0 Å². The van der Waals surface area contributed by atoms with Gasteiger partial charge in [0.05, 0.1) is 18.0 Å². The van der Waals surface area contributed by atoms with Gasteiger partial charge in [0.15, 0.2) is 5.69 Å². The number of hydrogen-bond acceptors (Lipinski definition) is 5. The normalized spacial score (nSPS) is 11.1. The first-order valence-corrected chi connectivity index (χ1v) is 6.70. The van der Waals surface area contributed by atoms with E-state index in [1.54, 1.807) is 25.3 Å². The zero-order chi connectivity index (χ0) is 15.1. The third-order valence-corrected chi connectivity index (χ3v) is 3.53. The van der Waals surface area contributed by atoms with Crippen molar-refractivity contribution in [2.24, 2.45) is 0 Å². The molecule has 2 aromatic carbocycles. The van der Waals surface area contributed by atoms with Crippen LogP contribution in [0.4, 0.5) is 0 Å². The van der Waals surface area contributed by atoms with Crippen molar-refractivity contribution in [1.82, 2.24) is 14.8 Å². The first kappa shape index (κ1) is 12.6. The Balaban J connectivity index is 2.11. The molecule has 0 fully saturated rings. The quantitative estimate of drug-likeness (QED) is 0.568. The van der Waals surface area contributed by atoms with E-state index in [9.17, 15) is 4.79 Å². The van der Waals surface area contributed by atoms with E-state index in [2.05, 4.69) is 10.3 Å². The predicted molar refractivity (Wildman–Crippen MR) is 81.0 cm³/mol. The van der Waals surface area contributed by atoms with Gasteiger partial charge in [-0.05, 0) is 24.3 Å². The van der Waals surface area contributed by atoms with E-state index in [-0.39, 0.29) is 0 Å². The van der Waals surface area contributed by atoms with Crippen LogP contribution in [-0.4, -0.2) is 21.9 Å².